The van der Waals surface area contributed by atoms with E-state index in [1.165, 1.54) is 6.07 Å². The lowest BCUT2D eigenvalue weighted by atomic mass is 10.2. The lowest BCUT2D eigenvalue weighted by molar-refractivity contribution is 0.621. The van der Waals surface area contributed by atoms with Crippen LogP contribution >= 0.6 is 15.9 Å². The van der Waals surface area contributed by atoms with Gasteiger partial charge in [-0.1, -0.05) is 0 Å². The molecule has 0 atom stereocenters. The summed E-state index contributed by atoms with van der Waals surface area (Å²) in [6.07, 6.45) is 3.46. The molecular weight excluding hydrogens is 309 g/mol. The highest BCUT2D eigenvalue weighted by atomic mass is 79.9. The van der Waals surface area contributed by atoms with Crippen molar-refractivity contribution in [1.82, 2.24) is 4.98 Å². The minimum absolute atomic E-state index is 0.288. The molecule has 1 aromatic heterocycles. The van der Waals surface area contributed by atoms with Crippen molar-refractivity contribution < 1.29 is 4.39 Å². The number of aromatic nitrogens is 1. The van der Waals surface area contributed by atoms with E-state index in [1.54, 1.807) is 18.5 Å². The summed E-state index contributed by atoms with van der Waals surface area (Å²) >= 11 is 3.17. The summed E-state index contributed by atoms with van der Waals surface area (Å²) in [5.74, 6) is -0.288. The van der Waals surface area contributed by atoms with Crippen LogP contribution < -0.4 is 10.6 Å². The fourth-order valence-corrected chi connectivity index (χ4v) is 2.20. The fourth-order valence-electron chi connectivity index (χ4n) is 1.75. The number of halogens is 2. The van der Waals surface area contributed by atoms with Gasteiger partial charge in [-0.15, -0.1) is 0 Å². The zero-order chi connectivity index (χ0) is 13.8. The van der Waals surface area contributed by atoms with Crippen molar-refractivity contribution in [3.8, 4) is 0 Å². The predicted molar refractivity (Wildman–Crippen MR) is 80.5 cm³/mol. The molecule has 0 spiro atoms. The third kappa shape index (κ3) is 3.44. The largest absolute Gasteiger partial charge is 0.384 e. The molecule has 100 valence electrons. The first-order valence-electron chi connectivity index (χ1n) is 6.01. The van der Waals surface area contributed by atoms with Gasteiger partial charge in [-0.25, -0.2) is 4.39 Å². The van der Waals surface area contributed by atoms with E-state index in [2.05, 4.69) is 31.5 Å². The van der Waals surface area contributed by atoms with Crippen LogP contribution in [0, 0.1) is 12.7 Å². The maximum absolute atomic E-state index is 13.5. The molecule has 0 saturated heterocycles. The van der Waals surface area contributed by atoms with Crippen LogP contribution in [-0.2, 0) is 0 Å². The Kier molecular flexibility index (Phi) is 4.37. The number of rotatable bonds is 4. The van der Waals surface area contributed by atoms with E-state index in [0.29, 0.717) is 4.47 Å². The van der Waals surface area contributed by atoms with Crippen molar-refractivity contribution in [2.75, 3.05) is 17.2 Å². The molecule has 1 aromatic carbocycles. The zero-order valence-corrected chi connectivity index (χ0v) is 12.4. The van der Waals surface area contributed by atoms with E-state index >= 15 is 0 Å². The predicted octanol–water partition coefficient (Wildman–Crippen LogP) is 4.47. The molecular formula is C14H15BrFN3. The van der Waals surface area contributed by atoms with Crippen LogP contribution in [0.25, 0.3) is 0 Å². The number of benzene rings is 1. The van der Waals surface area contributed by atoms with E-state index in [9.17, 15) is 4.39 Å². The molecule has 0 saturated carbocycles. The third-order valence-corrected chi connectivity index (χ3v) is 3.27. The van der Waals surface area contributed by atoms with Crippen LogP contribution in [0.1, 0.15) is 12.5 Å². The molecule has 0 fully saturated rings. The fraction of sp³-hybridized carbons (Fsp3) is 0.214. The van der Waals surface area contributed by atoms with Gasteiger partial charge in [0.25, 0.3) is 0 Å². The number of hydrogen-bond acceptors (Lipinski definition) is 3. The number of pyridine rings is 1. The van der Waals surface area contributed by atoms with Gasteiger partial charge in [0.15, 0.2) is 0 Å². The van der Waals surface area contributed by atoms with E-state index < -0.39 is 0 Å². The molecule has 0 aliphatic rings. The van der Waals surface area contributed by atoms with Crippen molar-refractivity contribution in [1.29, 1.82) is 0 Å². The Morgan fingerprint density at radius 2 is 1.95 bits per heavy atom. The molecule has 2 aromatic rings. The highest BCUT2D eigenvalue weighted by molar-refractivity contribution is 9.10. The number of aryl methyl sites for hydroxylation is 1. The first kappa shape index (κ1) is 13.8. The van der Waals surface area contributed by atoms with Gasteiger partial charge in [-0.05, 0) is 53.5 Å². The summed E-state index contributed by atoms with van der Waals surface area (Å²) in [6.45, 7) is 4.78. The lowest BCUT2D eigenvalue weighted by Crippen LogP contribution is -1.99. The number of hydrogen-bond donors (Lipinski definition) is 2. The molecule has 5 heteroatoms. The number of nitrogens with zero attached hydrogens (tertiary/aromatic N) is 1. The Morgan fingerprint density at radius 1 is 1.21 bits per heavy atom. The van der Waals surface area contributed by atoms with E-state index in [-0.39, 0.29) is 5.82 Å². The average molecular weight is 324 g/mol. The standard InChI is InChI=1S/C14H15BrFN3/c1-3-18-10-5-11(8-17-7-10)19-14-6-13(16)12(15)4-9(14)2/h4-8,18-19H,3H2,1-2H3. The monoisotopic (exact) mass is 323 g/mol. The molecule has 2 rings (SSSR count). The molecule has 3 nitrogen and oxygen atoms in total. The van der Waals surface area contributed by atoms with Gasteiger partial charge in [-0.3, -0.25) is 4.98 Å². The zero-order valence-electron chi connectivity index (χ0n) is 10.8. The number of anilines is 3. The maximum Gasteiger partial charge on any atom is 0.139 e. The Morgan fingerprint density at radius 3 is 2.68 bits per heavy atom. The Labute approximate surface area is 120 Å². The van der Waals surface area contributed by atoms with Crippen molar-refractivity contribution in [2.24, 2.45) is 0 Å². The van der Waals surface area contributed by atoms with Gasteiger partial charge in [0.05, 0.1) is 28.2 Å². The lowest BCUT2D eigenvalue weighted by Gasteiger charge is -2.11. The maximum atomic E-state index is 13.5. The minimum atomic E-state index is -0.288. The molecule has 0 radical (unpaired) electrons. The minimum Gasteiger partial charge on any atom is -0.384 e. The third-order valence-electron chi connectivity index (χ3n) is 2.67. The van der Waals surface area contributed by atoms with E-state index in [4.69, 9.17) is 0 Å². The van der Waals surface area contributed by atoms with Gasteiger partial charge in [0.2, 0.25) is 0 Å². The van der Waals surface area contributed by atoms with Crippen molar-refractivity contribution in [3.05, 3.63) is 46.4 Å². The molecule has 2 N–H and O–H groups in total. The summed E-state index contributed by atoms with van der Waals surface area (Å²) < 4.78 is 14.0. The molecule has 0 amide bonds. The van der Waals surface area contributed by atoms with Gasteiger partial charge < -0.3 is 10.6 Å². The number of nitrogens with one attached hydrogen (secondary N) is 2. The second-order valence-electron chi connectivity index (χ2n) is 4.20. The SMILES string of the molecule is CCNc1cncc(Nc2cc(F)c(Br)cc2C)c1. The van der Waals surface area contributed by atoms with Crippen molar-refractivity contribution in [3.63, 3.8) is 0 Å². The first-order valence-corrected chi connectivity index (χ1v) is 6.81. The second kappa shape index (κ2) is 6.02. The van der Waals surface area contributed by atoms with Crippen molar-refractivity contribution >= 4 is 33.0 Å². The average Bonchev–Trinajstić information content (AvgIpc) is 2.37. The Balaban J connectivity index is 2.25. The van der Waals surface area contributed by atoms with Crippen LogP contribution in [0.4, 0.5) is 21.5 Å². The van der Waals surface area contributed by atoms with Gasteiger partial charge >= 0.3 is 0 Å². The quantitative estimate of drug-likeness (QED) is 0.871. The van der Waals surface area contributed by atoms with E-state index in [0.717, 1.165) is 29.2 Å². The van der Waals surface area contributed by atoms with Gasteiger partial charge in [-0.2, -0.15) is 0 Å². The summed E-state index contributed by atoms with van der Waals surface area (Å²) in [4.78, 5) is 4.14. The molecule has 1 heterocycles. The topological polar surface area (TPSA) is 37.0 Å². The molecule has 0 unspecified atom stereocenters. The normalized spacial score (nSPS) is 10.3. The molecule has 0 aliphatic carbocycles. The first-order chi connectivity index (χ1) is 9.10. The van der Waals surface area contributed by atoms with Crippen LogP contribution in [0.5, 0.6) is 0 Å². The summed E-state index contributed by atoms with van der Waals surface area (Å²) in [5.41, 5.74) is 3.45. The summed E-state index contributed by atoms with van der Waals surface area (Å²) in [5, 5.41) is 6.36. The van der Waals surface area contributed by atoms with Crippen LogP contribution in [0.3, 0.4) is 0 Å². The molecule has 0 bridgehead atoms. The van der Waals surface area contributed by atoms with Crippen LogP contribution in [0.15, 0.2) is 35.1 Å². The second-order valence-corrected chi connectivity index (χ2v) is 5.05. The van der Waals surface area contributed by atoms with Crippen molar-refractivity contribution in [2.45, 2.75) is 13.8 Å². The van der Waals surface area contributed by atoms with Crippen LogP contribution in [-0.4, -0.2) is 11.5 Å². The van der Waals surface area contributed by atoms with E-state index in [1.807, 2.05) is 19.9 Å². The summed E-state index contributed by atoms with van der Waals surface area (Å²) in [6, 6.07) is 5.16. The molecule has 19 heavy (non-hydrogen) atoms. The van der Waals surface area contributed by atoms with Gasteiger partial charge in [0.1, 0.15) is 5.82 Å². The van der Waals surface area contributed by atoms with Crippen LogP contribution in [0.2, 0.25) is 0 Å². The molecule has 0 aliphatic heterocycles. The van der Waals surface area contributed by atoms with Gasteiger partial charge in [0, 0.05) is 12.2 Å². The summed E-state index contributed by atoms with van der Waals surface area (Å²) in [7, 11) is 0. The Hall–Kier alpha value is -1.62. The Bertz CT molecular complexity index is 587. The highest BCUT2D eigenvalue weighted by Gasteiger charge is 2.06. The smallest absolute Gasteiger partial charge is 0.139 e. The highest BCUT2D eigenvalue weighted by Crippen LogP contribution is 2.27.